The Labute approximate surface area is 384 Å². The zero-order valence-corrected chi connectivity index (χ0v) is 38.9. The number of carbonyl (C=O) groups is 5. The van der Waals surface area contributed by atoms with E-state index < -0.39 is 29.5 Å². The smallest absolute Gasteiger partial charge is 0.246 e. The van der Waals surface area contributed by atoms with Crippen LogP contribution in [0.4, 0.5) is 17.8 Å². The Morgan fingerprint density at radius 2 is 1.69 bits per heavy atom. The maximum Gasteiger partial charge on any atom is 0.246 e. The first-order chi connectivity index (χ1) is 31.1. The van der Waals surface area contributed by atoms with Crippen LogP contribution in [0, 0.1) is 30.6 Å². The molecule has 3 saturated heterocycles. The summed E-state index contributed by atoms with van der Waals surface area (Å²) in [4.78, 5) is 95.6. The second kappa shape index (κ2) is 20.5. The molecule has 4 fully saturated rings. The van der Waals surface area contributed by atoms with Gasteiger partial charge in [0.1, 0.15) is 18.6 Å². The van der Waals surface area contributed by atoms with Gasteiger partial charge >= 0.3 is 0 Å². The Morgan fingerprint density at radius 1 is 0.985 bits per heavy atom. The number of aliphatic hydroxyl groups excluding tert-OH is 1. The minimum atomic E-state index is -0.933. The number of carbonyl (C=O) groups excluding carboxylic acids is 5. The number of nitrogens with zero attached hydrogens (tertiary/aromatic N) is 9. The molecule has 7 rings (SSSR count). The fourth-order valence-electron chi connectivity index (χ4n) is 8.45. The number of piperidine rings is 1. The molecule has 1 saturated carbocycles. The monoisotopic (exact) mass is 910 g/mol. The van der Waals surface area contributed by atoms with E-state index in [4.69, 9.17) is 21.4 Å². The van der Waals surface area contributed by atoms with Gasteiger partial charge < -0.3 is 45.6 Å². The van der Waals surface area contributed by atoms with Crippen LogP contribution < -0.4 is 30.7 Å². The molecule has 5 heterocycles. The van der Waals surface area contributed by atoms with E-state index in [2.05, 4.69) is 31.8 Å². The molecule has 5 amide bonds. The molecular weight excluding hydrogens is 849 g/mol. The van der Waals surface area contributed by atoms with Crippen molar-refractivity contribution in [2.45, 2.75) is 103 Å². The van der Waals surface area contributed by atoms with Crippen LogP contribution in [0.15, 0.2) is 29.8 Å². The number of terminal acetylenes is 1. The standard InChI is InChI=1S/C46H62N12O6S/c1-7-17-55-21-22-57(27-38(55)62)45-52-43(54(6)18-16-36(60)49-33-12-13-33)51-44(53-45)56-19-14-30(15-20-56)23-37(61)50-40(46(3,4)5)42(64)58-26-34(59)24-35(58)41(63)47-25-31-8-10-32(11-9-31)39-29(2)48-28-65-39/h1,8-11,28,30,33-35,40,59H,12-27H2,2-6H3,(H,47,63)(H,49,60)(H,50,61)/t34-,35+,40-/m1/s1. The third-order valence-electron chi connectivity index (χ3n) is 12.5. The van der Waals surface area contributed by atoms with Crippen molar-refractivity contribution in [2.24, 2.45) is 11.3 Å². The number of aromatic nitrogens is 4. The Morgan fingerprint density at radius 3 is 2.32 bits per heavy atom. The number of piperazine rings is 1. The van der Waals surface area contributed by atoms with E-state index in [0.29, 0.717) is 63.4 Å². The minimum Gasteiger partial charge on any atom is -0.391 e. The average Bonchev–Trinajstić information content (AvgIpc) is 3.85. The van der Waals surface area contributed by atoms with Crippen LogP contribution in [-0.4, -0.2) is 148 Å². The number of nitrogens with one attached hydrogen (secondary N) is 3. The number of anilines is 3. The van der Waals surface area contributed by atoms with E-state index in [1.54, 1.807) is 16.2 Å². The lowest BCUT2D eigenvalue weighted by Crippen LogP contribution is -2.58. The number of hydrogen-bond donors (Lipinski definition) is 4. The fourth-order valence-corrected chi connectivity index (χ4v) is 9.26. The molecule has 348 valence electrons. The molecule has 3 aliphatic heterocycles. The van der Waals surface area contributed by atoms with Crippen LogP contribution in [0.1, 0.15) is 77.0 Å². The third-order valence-corrected chi connectivity index (χ3v) is 13.5. The third kappa shape index (κ3) is 12.1. The van der Waals surface area contributed by atoms with E-state index in [9.17, 15) is 29.1 Å². The molecule has 65 heavy (non-hydrogen) atoms. The van der Waals surface area contributed by atoms with Gasteiger partial charge in [-0.25, -0.2) is 4.98 Å². The summed E-state index contributed by atoms with van der Waals surface area (Å²) in [5.74, 6) is 2.59. The van der Waals surface area contributed by atoms with E-state index in [1.165, 1.54) is 4.90 Å². The van der Waals surface area contributed by atoms with Crippen molar-refractivity contribution < 1.29 is 29.1 Å². The van der Waals surface area contributed by atoms with Crippen molar-refractivity contribution in [1.29, 1.82) is 0 Å². The van der Waals surface area contributed by atoms with Crippen LogP contribution in [0.25, 0.3) is 10.4 Å². The molecule has 1 aromatic carbocycles. The van der Waals surface area contributed by atoms with Gasteiger partial charge in [0.2, 0.25) is 47.4 Å². The summed E-state index contributed by atoms with van der Waals surface area (Å²) < 4.78 is 0. The van der Waals surface area contributed by atoms with Gasteiger partial charge in [-0.05, 0) is 55.1 Å². The molecule has 0 unspecified atom stereocenters. The van der Waals surface area contributed by atoms with E-state index in [1.807, 2.05) is 74.3 Å². The fraction of sp³-hybridized carbons (Fsp3) is 0.587. The first-order valence-electron chi connectivity index (χ1n) is 22.6. The predicted molar refractivity (Wildman–Crippen MR) is 248 cm³/mol. The lowest BCUT2D eigenvalue weighted by molar-refractivity contribution is -0.144. The maximum atomic E-state index is 14.3. The van der Waals surface area contributed by atoms with Gasteiger partial charge in [0.25, 0.3) is 0 Å². The van der Waals surface area contributed by atoms with Crippen LogP contribution >= 0.6 is 11.3 Å². The summed E-state index contributed by atoms with van der Waals surface area (Å²) in [6, 6.07) is 6.34. The van der Waals surface area contributed by atoms with Gasteiger partial charge in [-0.2, -0.15) is 15.0 Å². The number of likely N-dealkylation sites (tertiary alicyclic amines) is 1. The normalized spacial score (nSPS) is 19.7. The Kier molecular flexibility index (Phi) is 14.9. The van der Waals surface area contributed by atoms with Crippen LogP contribution in [0.5, 0.6) is 0 Å². The highest BCUT2D eigenvalue weighted by molar-refractivity contribution is 7.13. The molecule has 3 aromatic rings. The molecule has 0 bridgehead atoms. The first kappa shape index (κ1) is 47.1. The van der Waals surface area contributed by atoms with E-state index in [-0.39, 0.29) is 81.0 Å². The van der Waals surface area contributed by atoms with Gasteiger partial charge in [0, 0.05) is 78.2 Å². The maximum absolute atomic E-state index is 14.3. The number of β-amino-alcohol motifs (C(OH)–C–C–N with tert-alkyl or cyclic N) is 1. The van der Waals surface area contributed by atoms with Gasteiger partial charge in [-0.1, -0.05) is 51.0 Å². The van der Waals surface area contributed by atoms with Crippen molar-refractivity contribution in [1.82, 2.24) is 45.7 Å². The second-order valence-electron chi connectivity index (χ2n) is 18.8. The highest BCUT2D eigenvalue weighted by Crippen LogP contribution is 2.30. The van der Waals surface area contributed by atoms with Crippen LogP contribution in [0.3, 0.4) is 0 Å². The van der Waals surface area contributed by atoms with Crippen LogP contribution in [-0.2, 0) is 30.5 Å². The van der Waals surface area contributed by atoms with E-state index in [0.717, 1.165) is 34.5 Å². The lowest BCUT2D eigenvalue weighted by Gasteiger charge is -2.36. The highest BCUT2D eigenvalue weighted by Gasteiger charge is 2.44. The summed E-state index contributed by atoms with van der Waals surface area (Å²) in [6.45, 7) is 10.6. The zero-order chi connectivity index (χ0) is 46.4. The van der Waals surface area contributed by atoms with Gasteiger partial charge in [0.15, 0.2) is 0 Å². The predicted octanol–water partition coefficient (Wildman–Crippen LogP) is 2.11. The lowest BCUT2D eigenvalue weighted by atomic mass is 9.85. The Bertz CT molecular complexity index is 2250. The van der Waals surface area contributed by atoms with E-state index >= 15 is 0 Å². The minimum absolute atomic E-state index is 0.00888. The van der Waals surface area contributed by atoms with Gasteiger partial charge in [-0.3, -0.25) is 24.0 Å². The largest absolute Gasteiger partial charge is 0.391 e. The number of benzene rings is 1. The number of rotatable bonds is 16. The number of aliphatic hydroxyl groups is 1. The Hall–Kier alpha value is -5.87. The number of hydrogen-bond acceptors (Lipinski definition) is 14. The van der Waals surface area contributed by atoms with Crippen molar-refractivity contribution >= 4 is 58.7 Å². The number of aryl methyl sites for hydroxylation is 1. The molecule has 18 nitrogen and oxygen atoms in total. The molecule has 19 heteroatoms. The van der Waals surface area contributed by atoms with Gasteiger partial charge in [-0.15, -0.1) is 17.8 Å². The van der Waals surface area contributed by atoms with Gasteiger partial charge in [0.05, 0.1) is 28.7 Å². The average molecular weight is 911 g/mol. The zero-order valence-electron chi connectivity index (χ0n) is 38.1. The highest BCUT2D eigenvalue weighted by atomic mass is 32.1. The molecule has 1 aliphatic carbocycles. The molecule has 4 aliphatic rings. The molecule has 4 N–H and O–H groups in total. The molecule has 2 aromatic heterocycles. The van der Waals surface area contributed by atoms with Crippen molar-refractivity contribution in [3.05, 3.63) is 41.0 Å². The molecule has 0 spiro atoms. The summed E-state index contributed by atoms with van der Waals surface area (Å²) in [5.41, 5.74) is 4.03. The quantitative estimate of drug-likeness (QED) is 0.152. The molecule has 3 atom stereocenters. The molecule has 0 radical (unpaired) electrons. The number of amides is 5. The van der Waals surface area contributed by atoms with Crippen molar-refractivity contribution in [3.8, 4) is 22.8 Å². The summed E-state index contributed by atoms with van der Waals surface area (Å²) >= 11 is 1.57. The summed E-state index contributed by atoms with van der Waals surface area (Å²) in [5, 5.41) is 19.7. The summed E-state index contributed by atoms with van der Waals surface area (Å²) in [6.07, 6.45) is 8.52. The topological polar surface area (TPSA) is 209 Å². The SMILES string of the molecule is C#CCN1CCN(c2nc(N(C)CCC(=O)NC3CC3)nc(N3CCC(CC(=O)N[C@H](C(=O)N4C[C@H](O)C[C@H]4C(=O)NCc4ccc(-c5scnc5C)cc4)C(C)(C)C)CC3)n2)CC1=O. The summed E-state index contributed by atoms with van der Waals surface area (Å²) in [7, 11) is 1.83. The Balaban J connectivity index is 0.953. The van der Waals surface area contributed by atoms with Crippen molar-refractivity contribution in [2.75, 3.05) is 74.1 Å². The first-order valence-corrected chi connectivity index (χ1v) is 23.5. The van der Waals surface area contributed by atoms with Crippen molar-refractivity contribution in [3.63, 3.8) is 0 Å². The second-order valence-corrected chi connectivity index (χ2v) is 19.6. The number of thiazole rings is 1. The van der Waals surface area contributed by atoms with Crippen LogP contribution in [0.2, 0.25) is 0 Å². The molecular formula is C46H62N12O6S.